The van der Waals surface area contributed by atoms with Gasteiger partial charge in [0.2, 0.25) is 11.8 Å². The van der Waals surface area contributed by atoms with Crippen molar-refractivity contribution >= 4 is 11.8 Å². The highest BCUT2D eigenvalue weighted by atomic mass is 16.2. The summed E-state index contributed by atoms with van der Waals surface area (Å²) in [4.78, 5) is 27.2. The minimum Gasteiger partial charge on any atom is -0.354 e. The van der Waals surface area contributed by atoms with Crippen molar-refractivity contribution in [3.05, 3.63) is 71.8 Å². The number of carbonyl (C=O) groups excluding carboxylic acids is 2. The standard InChI is InChI=1S/C21H26N2O2/c1-3-15-22-21(25)20(18-13-9-6-10-14-18)23(19(24)4-2)16-17-11-7-5-8-12-17/h5-14,20H,3-4,15-16H2,1-2H3,(H,22,25). The molecule has 0 spiro atoms. The smallest absolute Gasteiger partial charge is 0.247 e. The molecule has 0 saturated carbocycles. The number of hydrogen-bond acceptors (Lipinski definition) is 2. The molecular weight excluding hydrogens is 312 g/mol. The van der Waals surface area contributed by atoms with Gasteiger partial charge < -0.3 is 10.2 Å². The van der Waals surface area contributed by atoms with Crippen LogP contribution in [-0.2, 0) is 16.1 Å². The molecule has 2 rings (SSSR count). The summed E-state index contributed by atoms with van der Waals surface area (Å²) in [5.74, 6) is -0.171. The molecule has 0 bridgehead atoms. The third-order valence-electron chi connectivity index (χ3n) is 4.04. The maximum Gasteiger partial charge on any atom is 0.247 e. The number of carbonyl (C=O) groups is 2. The van der Waals surface area contributed by atoms with Crippen LogP contribution < -0.4 is 5.32 Å². The van der Waals surface area contributed by atoms with Gasteiger partial charge >= 0.3 is 0 Å². The molecule has 1 unspecified atom stereocenters. The van der Waals surface area contributed by atoms with Crippen LogP contribution in [0.5, 0.6) is 0 Å². The Morgan fingerprint density at radius 1 is 0.960 bits per heavy atom. The summed E-state index contributed by atoms with van der Waals surface area (Å²) in [6.45, 7) is 4.84. The van der Waals surface area contributed by atoms with E-state index < -0.39 is 6.04 Å². The predicted octanol–water partition coefficient (Wildman–Crippen LogP) is 3.69. The fourth-order valence-electron chi connectivity index (χ4n) is 2.76. The largest absolute Gasteiger partial charge is 0.354 e. The minimum absolute atomic E-state index is 0.0376. The van der Waals surface area contributed by atoms with E-state index in [0.29, 0.717) is 19.5 Å². The first kappa shape index (κ1) is 18.7. The van der Waals surface area contributed by atoms with E-state index in [4.69, 9.17) is 0 Å². The van der Waals surface area contributed by atoms with E-state index in [9.17, 15) is 9.59 Å². The minimum atomic E-state index is -0.625. The van der Waals surface area contributed by atoms with Crippen molar-refractivity contribution in [3.63, 3.8) is 0 Å². The molecule has 2 aromatic carbocycles. The number of amides is 2. The molecular formula is C21H26N2O2. The molecule has 25 heavy (non-hydrogen) atoms. The highest BCUT2D eigenvalue weighted by Crippen LogP contribution is 2.24. The lowest BCUT2D eigenvalue weighted by molar-refractivity contribution is -0.141. The Morgan fingerprint density at radius 3 is 2.12 bits per heavy atom. The van der Waals surface area contributed by atoms with Gasteiger partial charge in [-0.15, -0.1) is 0 Å². The van der Waals surface area contributed by atoms with E-state index in [2.05, 4.69) is 5.32 Å². The van der Waals surface area contributed by atoms with Gasteiger partial charge in [-0.25, -0.2) is 0 Å². The van der Waals surface area contributed by atoms with Crippen molar-refractivity contribution in [3.8, 4) is 0 Å². The number of benzene rings is 2. The van der Waals surface area contributed by atoms with Crippen molar-refractivity contribution in [2.24, 2.45) is 0 Å². The van der Waals surface area contributed by atoms with Crippen molar-refractivity contribution < 1.29 is 9.59 Å². The lowest BCUT2D eigenvalue weighted by Crippen LogP contribution is -2.43. The van der Waals surface area contributed by atoms with Crippen molar-refractivity contribution in [2.75, 3.05) is 6.54 Å². The van der Waals surface area contributed by atoms with Crippen LogP contribution in [0.3, 0.4) is 0 Å². The SMILES string of the molecule is CCCNC(=O)C(c1ccccc1)N(Cc1ccccc1)C(=O)CC. The van der Waals surface area contributed by atoms with Crippen molar-refractivity contribution in [1.29, 1.82) is 0 Å². The molecule has 0 radical (unpaired) electrons. The molecule has 1 atom stereocenters. The summed E-state index contributed by atoms with van der Waals surface area (Å²) in [6.07, 6.45) is 1.21. The first-order chi connectivity index (χ1) is 12.2. The molecule has 0 aliphatic heterocycles. The second-order valence-electron chi connectivity index (χ2n) is 5.97. The maximum absolute atomic E-state index is 12.8. The average Bonchev–Trinajstić information content (AvgIpc) is 2.67. The third-order valence-corrected chi connectivity index (χ3v) is 4.04. The fourth-order valence-corrected chi connectivity index (χ4v) is 2.76. The highest BCUT2D eigenvalue weighted by molar-refractivity contribution is 5.88. The molecule has 1 N–H and O–H groups in total. The van der Waals surface area contributed by atoms with Crippen LogP contribution in [0.1, 0.15) is 43.9 Å². The summed E-state index contributed by atoms with van der Waals surface area (Å²) < 4.78 is 0. The second-order valence-corrected chi connectivity index (χ2v) is 5.97. The van der Waals surface area contributed by atoms with E-state index in [1.807, 2.05) is 74.5 Å². The molecule has 0 aromatic heterocycles. The van der Waals surface area contributed by atoms with Gasteiger partial charge in [0.15, 0.2) is 0 Å². The molecule has 0 fully saturated rings. The lowest BCUT2D eigenvalue weighted by atomic mass is 10.0. The molecule has 2 amide bonds. The molecule has 2 aromatic rings. The maximum atomic E-state index is 12.8. The van der Waals surface area contributed by atoms with Gasteiger partial charge in [-0.3, -0.25) is 9.59 Å². The van der Waals surface area contributed by atoms with Crippen LogP contribution in [0.25, 0.3) is 0 Å². The summed E-state index contributed by atoms with van der Waals surface area (Å²) in [7, 11) is 0. The monoisotopic (exact) mass is 338 g/mol. The summed E-state index contributed by atoms with van der Waals surface area (Å²) in [5.41, 5.74) is 1.84. The van der Waals surface area contributed by atoms with Crippen LogP contribution >= 0.6 is 0 Å². The molecule has 4 heteroatoms. The van der Waals surface area contributed by atoms with E-state index in [1.54, 1.807) is 4.90 Å². The van der Waals surface area contributed by atoms with E-state index in [1.165, 1.54) is 0 Å². The van der Waals surface area contributed by atoms with Gasteiger partial charge in [-0.2, -0.15) is 0 Å². The summed E-state index contributed by atoms with van der Waals surface area (Å²) >= 11 is 0. The predicted molar refractivity (Wildman–Crippen MR) is 99.8 cm³/mol. The highest BCUT2D eigenvalue weighted by Gasteiger charge is 2.30. The summed E-state index contributed by atoms with van der Waals surface area (Å²) in [5, 5.41) is 2.94. The van der Waals surface area contributed by atoms with Gasteiger partial charge in [-0.05, 0) is 17.5 Å². The zero-order chi connectivity index (χ0) is 18.1. The number of nitrogens with zero attached hydrogens (tertiary/aromatic N) is 1. The second kappa shape index (κ2) is 9.62. The zero-order valence-electron chi connectivity index (χ0n) is 14.9. The molecule has 0 aliphatic carbocycles. The van der Waals surface area contributed by atoms with Crippen molar-refractivity contribution in [1.82, 2.24) is 10.2 Å². The van der Waals surface area contributed by atoms with E-state index in [-0.39, 0.29) is 11.8 Å². The third kappa shape index (κ3) is 5.18. The lowest BCUT2D eigenvalue weighted by Gasteiger charge is -2.31. The van der Waals surface area contributed by atoms with Gasteiger partial charge in [0.25, 0.3) is 0 Å². The molecule has 0 saturated heterocycles. The van der Waals surface area contributed by atoms with Crippen LogP contribution in [0.15, 0.2) is 60.7 Å². The first-order valence-corrected chi connectivity index (χ1v) is 8.83. The number of hydrogen-bond donors (Lipinski definition) is 1. The Labute approximate surface area is 149 Å². The van der Waals surface area contributed by atoms with Gasteiger partial charge in [-0.1, -0.05) is 74.5 Å². The topological polar surface area (TPSA) is 49.4 Å². The summed E-state index contributed by atoms with van der Waals surface area (Å²) in [6, 6.07) is 18.7. The average molecular weight is 338 g/mol. The molecule has 0 heterocycles. The zero-order valence-corrected chi connectivity index (χ0v) is 14.9. The normalized spacial score (nSPS) is 11.6. The quantitative estimate of drug-likeness (QED) is 0.798. The molecule has 0 aliphatic rings. The van der Waals surface area contributed by atoms with Crippen LogP contribution in [-0.4, -0.2) is 23.3 Å². The number of nitrogens with one attached hydrogen (secondary N) is 1. The first-order valence-electron chi connectivity index (χ1n) is 8.83. The van der Waals surface area contributed by atoms with Crippen molar-refractivity contribution in [2.45, 2.75) is 39.3 Å². The van der Waals surface area contributed by atoms with Gasteiger partial charge in [0, 0.05) is 19.5 Å². The Bertz CT molecular complexity index is 671. The van der Waals surface area contributed by atoms with Crippen LogP contribution in [0.4, 0.5) is 0 Å². The Morgan fingerprint density at radius 2 is 1.56 bits per heavy atom. The van der Waals surface area contributed by atoms with Gasteiger partial charge in [0.05, 0.1) is 0 Å². The van der Waals surface area contributed by atoms with Crippen LogP contribution in [0.2, 0.25) is 0 Å². The van der Waals surface area contributed by atoms with Crippen LogP contribution in [0, 0.1) is 0 Å². The Balaban J connectivity index is 2.37. The van der Waals surface area contributed by atoms with E-state index >= 15 is 0 Å². The van der Waals surface area contributed by atoms with E-state index in [0.717, 1.165) is 17.5 Å². The Hall–Kier alpha value is -2.62. The molecule has 132 valence electrons. The number of rotatable bonds is 8. The molecule has 4 nitrogen and oxygen atoms in total. The van der Waals surface area contributed by atoms with Gasteiger partial charge in [0.1, 0.15) is 6.04 Å². The fraction of sp³-hybridized carbons (Fsp3) is 0.333. The Kier molecular flexibility index (Phi) is 7.20.